The molecule has 0 saturated heterocycles. The molecular weight excluding hydrogens is 396 g/mol. The number of carbonyl (C=O) groups excluding carboxylic acids is 1. The van der Waals surface area contributed by atoms with Gasteiger partial charge in [-0.1, -0.05) is 35.9 Å². The Hall–Kier alpha value is -2.83. The van der Waals surface area contributed by atoms with Crippen molar-refractivity contribution in [3.8, 4) is 0 Å². The van der Waals surface area contributed by atoms with E-state index in [2.05, 4.69) is 5.32 Å². The lowest BCUT2D eigenvalue weighted by atomic mass is 10.2. The first-order chi connectivity index (χ1) is 13.3. The summed E-state index contributed by atoms with van der Waals surface area (Å²) in [6.07, 6.45) is 0. The molecule has 4 rings (SSSR count). The van der Waals surface area contributed by atoms with E-state index in [0.717, 1.165) is 21.8 Å². The third kappa shape index (κ3) is 3.37. The summed E-state index contributed by atoms with van der Waals surface area (Å²) in [6.45, 7) is 0. The van der Waals surface area contributed by atoms with Crippen LogP contribution in [0.2, 0.25) is 5.02 Å². The molecule has 5 nitrogen and oxygen atoms in total. The fraction of sp³-hybridized carbons (Fsp3) is 0.0952. The molecule has 0 atom stereocenters. The lowest BCUT2D eigenvalue weighted by Gasteiger charge is -2.07. The zero-order valence-corrected chi connectivity index (χ0v) is 16.6. The van der Waals surface area contributed by atoms with Crippen molar-refractivity contribution in [2.45, 2.75) is 4.90 Å². The van der Waals surface area contributed by atoms with Crippen molar-refractivity contribution in [3.05, 3.63) is 71.8 Å². The molecule has 0 fully saturated rings. The maximum Gasteiger partial charge on any atom is 0.239 e. The average molecular weight is 413 g/mol. The standard InChI is InChI=1S/C21H17ClN2O3S/c1-24-19-5-3-2-4-17(19)18-11-10-16(12-20(18)24)28(26,27)13-21(25)23-15-8-6-14(22)7-9-15/h2-12H,13H2,1H3,(H,23,25). The van der Waals surface area contributed by atoms with Gasteiger partial charge in [-0.2, -0.15) is 0 Å². The van der Waals surface area contributed by atoms with Crippen molar-refractivity contribution in [3.63, 3.8) is 0 Å². The molecule has 1 heterocycles. The van der Waals surface area contributed by atoms with Gasteiger partial charge in [0.2, 0.25) is 5.91 Å². The number of amides is 1. The predicted molar refractivity (Wildman–Crippen MR) is 113 cm³/mol. The number of carbonyl (C=O) groups is 1. The van der Waals surface area contributed by atoms with Crippen molar-refractivity contribution in [2.24, 2.45) is 7.05 Å². The van der Waals surface area contributed by atoms with E-state index in [-0.39, 0.29) is 4.90 Å². The van der Waals surface area contributed by atoms with Crippen molar-refractivity contribution in [1.29, 1.82) is 0 Å². The van der Waals surface area contributed by atoms with Crippen LogP contribution in [0.1, 0.15) is 0 Å². The van der Waals surface area contributed by atoms with Gasteiger partial charge in [0.05, 0.1) is 10.4 Å². The normalized spacial score (nSPS) is 11.8. The van der Waals surface area contributed by atoms with Crippen LogP contribution in [0.25, 0.3) is 21.8 Å². The third-order valence-electron chi connectivity index (χ3n) is 4.69. The van der Waals surface area contributed by atoms with Gasteiger partial charge in [0.1, 0.15) is 5.75 Å². The second kappa shape index (κ2) is 6.96. The van der Waals surface area contributed by atoms with Gasteiger partial charge in [0, 0.05) is 34.0 Å². The number of benzene rings is 3. The Morgan fingerprint density at radius 3 is 2.39 bits per heavy atom. The number of nitrogens with one attached hydrogen (secondary N) is 1. The van der Waals surface area contributed by atoms with E-state index in [0.29, 0.717) is 10.7 Å². The lowest BCUT2D eigenvalue weighted by molar-refractivity contribution is -0.113. The highest BCUT2D eigenvalue weighted by Crippen LogP contribution is 2.30. The summed E-state index contributed by atoms with van der Waals surface area (Å²) in [7, 11) is -1.89. The zero-order valence-electron chi connectivity index (χ0n) is 15.0. The molecule has 1 amide bonds. The van der Waals surface area contributed by atoms with Gasteiger partial charge in [-0.25, -0.2) is 8.42 Å². The number of anilines is 1. The number of nitrogens with zero attached hydrogens (tertiary/aromatic N) is 1. The first-order valence-electron chi connectivity index (χ1n) is 8.60. The van der Waals surface area contributed by atoms with E-state index in [1.165, 1.54) is 0 Å². The lowest BCUT2D eigenvalue weighted by Crippen LogP contribution is -2.23. The summed E-state index contributed by atoms with van der Waals surface area (Å²) in [5.74, 6) is -1.23. The van der Waals surface area contributed by atoms with Crippen molar-refractivity contribution >= 4 is 54.8 Å². The molecule has 0 bridgehead atoms. The monoisotopic (exact) mass is 412 g/mol. The Labute approximate surface area is 167 Å². The van der Waals surface area contributed by atoms with Gasteiger partial charge in [-0.15, -0.1) is 0 Å². The van der Waals surface area contributed by atoms with Crippen molar-refractivity contribution in [1.82, 2.24) is 4.57 Å². The van der Waals surface area contributed by atoms with Crippen molar-refractivity contribution < 1.29 is 13.2 Å². The van der Waals surface area contributed by atoms with Crippen LogP contribution >= 0.6 is 11.6 Å². The summed E-state index contributed by atoms with van der Waals surface area (Å²) in [5, 5.41) is 5.15. The van der Waals surface area contributed by atoms with Gasteiger partial charge in [-0.05, 0) is 42.5 Å². The van der Waals surface area contributed by atoms with E-state index < -0.39 is 21.5 Å². The maximum atomic E-state index is 12.8. The predicted octanol–water partition coefficient (Wildman–Crippen LogP) is 4.40. The Morgan fingerprint density at radius 2 is 1.64 bits per heavy atom. The molecule has 4 aromatic rings. The largest absolute Gasteiger partial charge is 0.344 e. The van der Waals surface area contributed by atoms with E-state index in [1.54, 1.807) is 42.5 Å². The van der Waals surface area contributed by atoms with E-state index in [9.17, 15) is 13.2 Å². The second-order valence-electron chi connectivity index (χ2n) is 6.57. The number of aryl methyl sites for hydroxylation is 1. The Kier molecular flexibility index (Phi) is 4.61. The highest BCUT2D eigenvalue weighted by Gasteiger charge is 2.21. The first-order valence-corrected chi connectivity index (χ1v) is 10.6. The number of hydrogen-bond donors (Lipinski definition) is 1. The van der Waals surface area contributed by atoms with Crippen LogP contribution in [0.5, 0.6) is 0 Å². The van der Waals surface area contributed by atoms with Crippen molar-refractivity contribution in [2.75, 3.05) is 11.1 Å². The molecule has 3 aromatic carbocycles. The molecule has 0 aliphatic heterocycles. The van der Waals surface area contributed by atoms with Gasteiger partial charge in [0.15, 0.2) is 9.84 Å². The summed E-state index contributed by atoms with van der Waals surface area (Å²) >= 11 is 5.81. The number of sulfone groups is 1. The Balaban J connectivity index is 1.64. The zero-order chi connectivity index (χ0) is 19.9. The van der Waals surface area contributed by atoms with Crippen LogP contribution in [0.3, 0.4) is 0 Å². The minimum absolute atomic E-state index is 0.122. The van der Waals surface area contributed by atoms with Crippen LogP contribution < -0.4 is 5.32 Å². The summed E-state index contributed by atoms with van der Waals surface area (Å²) in [5.41, 5.74) is 2.32. The molecule has 28 heavy (non-hydrogen) atoms. The molecule has 0 unspecified atom stereocenters. The molecule has 0 saturated carbocycles. The van der Waals surface area contributed by atoms with Gasteiger partial charge in [0.25, 0.3) is 0 Å². The third-order valence-corrected chi connectivity index (χ3v) is 6.56. The molecule has 1 aromatic heterocycles. The molecule has 0 spiro atoms. The Morgan fingerprint density at radius 1 is 0.964 bits per heavy atom. The minimum atomic E-state index is -3.78. The fourth-order valence-corrected chi connectivity index (χ4v) is 4.60. The molecule has 0 aliphatic carbocycles. The SMILES string of the molecule is Cn1c2ccccc2c2ccc(S(=O)(=O)CC(=O)Nc3ccc(Cl)cc3)cc21. The number of para-hydroxylation sites is 1. The van der Waals surface area contributed by atoms with Gasteiger partial charge < -0.3 is 9.88 Å². The maximum absolute atomic E-state index is 12.8. The topological polar surface area (TPSA) is 68.2 Å². The number of hydrogen-bond acceptors (Lipinski definition) is 3. The first kappa shape index (κ1) is 18.5. The van der Waals surface area contributed by atoms with Crippen LogP contribution in [0, 0.1) is 0 Å². The second-order valence-corrected chi connectivity index (χ2v) is 9.00. The molecular formula is C21H17ClN2O3S. The number of aromatic nitrogens is 1. The van der Waals surface area contributed by atoms with Gasteiger partial charge in [-0.3, -0.25) is 4.79 Å². The highest BCUT2D eigenvalue weighted by molar-refractivity contribution is 7.92. The summed E-state index contributed by atoms with van der Waals surface area (Å²) in [6, 6.07) is 19.4. The fourth-order valence-electron chi connectivity index (χ4n) is 3.32. The van der Waals surface area contributed by atoms with Crippen LogP contribution in [-0.2, 0) is 21.7 Å². The number of halogens is 1. The molecule has 7 heteroatoms. The molecule has 142 valence electrons. The molecule has 1 N–H and O–H groups in total. The summed E-state index contributed by atoms with van der Waals surface area (Å²) in [4.78, 5) is 12.4. The van der Waals surface area contributed by atoms with E-state index >= 15 is 0 Å². The van der Waals surface area contributed by atoms with E-state index in [4.69, 9.17) is 11.6 Å². The molecule has 0 radical (unpaired) electrons. The smallest absolute Gasteiger partial charge is 0.239 e. The van der Waals surface area contributed by atoms with Crippen LogP contribution in [0.15, 0.2) is 71.6 Å². The van der Waals surface area contributed by atoms with Gasteiger partial charge >= 0.3 is 0 Å². The Bertz CT molecular complexity index is 1310. The highest BCUT2D eigenvalue weighted by atomic mass is 35.5. The number of fused-ring (bicyclic) bond motifs is 3. The average Bonchev–Trinajstić information content (AvgIpc) is 2.96. The molecule has 0 aliphatic rings. The quantitative estimate of drug-likeness (QED) is 0.540. The van der Waals surface area contributed by atoms with E-state index in [1.807, 2.05) is 35.9 Å². The number of rotatable bonds is 4. The van der Waals surface area contributed by atoms with Crippen LogP contribution in [0.4, 0.5) is 5.69 Å². The van der Waals surface area contributed by atoms with Crippen LogP contribution in [-0.4, -0.2) is 24.6 Å². The minimum Gasteiger partial charge on any atom is -0.344 e. The summed E-state index contributed by atoms with van der Waals surface area (Å²) < 4.78 is 27.5.